The number of aromatic nitrogens is 2. The van der Waals surface area contributed by atoms with Gasteiger partial charge in [0.05, 0.1) is 31.3 Å². The van der Waals surface area contributed by atoms with Crippen molar-refractivity contribution in [2.75, 3.05) is 30.9 Å². The summed E-state index contributed by atoms with van der Waals surface area (Å²) < 4.78 is 44.0. The first-order chi connectivity index (χ1) is 15.7. The van der Waals surface area contributed by atoms with Gasteiger partial charge in [0.25, 0.3) is 15.9 Å². The zero-order valence-electron chi connectivity index (χ0n) is 18.0. The van der Waals surface area contributed by atoms with Crippen molar-refractivity contribution < 1.29 is 27.4 Å². The van der Waals surface area contributed by atoms with Gasteiger partial charge in [-0.25, -0.2) is 8.42 Å². The number of rotatable bonds is 9. The van der Waals surface area contributed by atoms with E-state index in [4.69, 9.17) is 14.2 Å². The Morgan fingerprint density at radius 1 is 1.03 bits per heavy atom. The molecule has 3 aromatic rings. The van der Waals surface area contributed by atoms with E-state index in [1.807, 2.05) is 6.92 Å². The van der Waals surface area contributed by atoms with Crippen molar-refractivity contribution >= 4 is 43.4 Å². The van der Waals surface area contributed by atoms with Crippen molar-refractivity contribution in [3.63, 3.8) is 0 Å². The second-order valence-electron chi connectivity index (χ2n) is 6.44. The van der Waals surface area contributed by atoms with Gasteiger partial charge in [0.1, 0.15) is 5.75 Å². The highest BCUT2D eigenvalue weighted by atomic mass is 79.9. The lowest BCUT2D eigenvalue weighted by Crippen LogP contribution is -2.16. The van der Waals surface area contributed by atoms with Gasteiger partial charge in [0.2, 0.25) is 5.88 Å². The third kappa shape index (κ3) is 6.11. The average molecular weight is 537 g/mol. The number of nitrogens with one attached hydrogen (secondary N) is 2. The lowest BCUT2D eigenvalue weighted by molar-refractivity contribution is 0.102. The number of nitrogens with zero attached hydrogens (tertiary/aromatic N) is 2. The smallest absolute Gasteiger partial charge is 0.321 e. The van der Waals surface area contributed by atoms with Gasteiger partial charge >= 0.3 is 6.01 Å². The number of anilines is 2. The standard InChI is InChI=1S/C21H21BrN4O6S/c1-4-32-17-10-5-13(22)11-16(17)20(27)23-14-6-8-15(9-7-14)33(28,29)26-18-12-19(30-2)25-21(24-18)31-3/h5-12H,4H2,1-3H3,(H,23,27)(H,24,25,26). The van der Waals surface area contributed by atoms with Crippen LogP contribution in [0.5, 0.6) is 17.6 Å². The normalized spacial score (nSPS) is 10.9. The van der Waals surface area contributed by atoms with Crippen LogP contribution < -0.4 is 24.2 Å². The summed E-state index contributed by atoms with van der Waals surface area (Å²) in [6.45, 7) is 2.23. The van der Waals surface area contributed by atoms with Crippen molar-refractivity contribution in [2.24, 2.45) is 0 Å². The number of benzene rings is 2. The van der Waals surface area contributed by atoms with Crippen molar-refractivity contribution in [1.29, 1.82) is 0 Å². The molecule has 0 unspecified atom stereocenters. The van der Waals surface area contributed by atoms with Gasteiger partial charge in [-0.2, -0.15) is 9.97 Å². The van der Waals surface area contributed by atoms with Gasteiger partial charge in [-0.15, -0.1) is 0 Å². The number of hydrogen-bond donors (Lipinski definition) is 2. The van der Waals surface area contributed by atoms with Crippen molar-refractivity contribution in [3.05, 3.63) is 58.6 Å². The topological polar surface area (TPSA) is 129 Å². The maximum absolute atomic E-state index is 12.7. The molecule has 2 aromatic carbocycles. The van der Waals surface area contributed by atoms with E-state index in [9.17, 15) is 13.2 Å². The molecule has 2 N–H and O–H groups in total. The minimum absolute atomic E-state index is 0.0193. The second kappa shape index (κ2) is 10.5. The van der Waals surface area contributed by atoms with E-state index in [-0.39, 0.29) is 22.6 Å². The molecule has 0 aliphatic rings. The zero-order chi connectivity index (χ0) is 24.0. The van der Waals surface area contributed by atoms with E-state index >= 15 is 0 Å². The fraction of sp³-hybridized carbons (Fsp3) is 0.190. The predicted octanol–water partition coefficient (Wildman–Crippen LogP) is 3.71. The molecule has 3 rings (SSSR count). The Kier molecular flexibility index (Phi) is 7.71. The van der Waals surface area contributed by atoms with Crippen LogP contribution in [0.4, 0.5) is 11.5 Å². The van der Waals surface area contributed by atoms with Gasteiger partial charge in [-0.1, -0.05) is 15.9 Å². The molecule has 0 saturated carbocycles. The van der Waals surface area contributed by atoms with E-state index in [1.165, 1.54) is 44.6 Å². The highest BCUT2D eigenvalue weighted by molar-refractivity contribution is 9.10. The molecule has 0 spiro atoms. The lowest BCUT2D eigenvalue weighted by atomic mass is 10.2. The van der Waals surface area contributed by atoms with E-state index in [0.717, 1.165) is 4.47 Å². The third-order valence-corrected chi connectivity index (χ3v) is 6.09. The van der Waals surface area contributed by atoms with Gasteiger partial charge in [0.15, 0.2) is 5.82 Å². The van der Waals surface area contributed by atoms with E-state index in [0.29, 0.717) is 23.6 Å². The molecule has 0 saturated heterocycles. The lowest BCUT2D eigenvalue weighted by Gasteiger charge is -2.12. The van der Waals surface area contributed by atoms with Crippen LogP contribution in [0.15, 0.2) is 57.9 Å². The predicted molar refractivity (Wildman–Crippen MR) is 126 cm³/mol. The molecule has 10 nitrogen and oxygen atoms in total. The summed E-state index contributed by atoms with van der Waals surface area (Å²) in [5.74, 6) is 0.164. The summed E-state index contributed by atoms with van der Waals surface area (Å²) in [6, 6.07) is 12.1. The molecule has 1 heterocycles. The average Bonchev–Trinajstić information content (AvgIpc) is 2.80. The number of carbonyl (C=O) groups excluding carboxylic acids is 1. The highest BCUT2D eigenvalue weighted by Crippen LogP contribution is 2.25. The molecule has 0 aliphatic carbocycles. The van der Waals surface area contributed by atoms with Crippen LogP contribution in [0.3, 0.4) is 0 Å². The van der Waals surface area contributed by atoms with Gasteiger partial charge in [0, 0.05) is 16.2 Å². The van der Waals surface area contributed by atoms with Crippen LogP contribution in [0.25, 0.3) is 0 Å². The van der Waals surface area contributed by atoms with Gasteiger partial charge < -0.3 is 19.5 Å². The summed E-state index contributed by atoms with van der Waals surface area (Å²) in [5.41, 5.74) is 0.753. The molecular formula is C21H21BrN4O6S. The first kappa shape index (κ1) is 24.3. The van der Waals surface area contributed by atoms with Gasteiger partial charge in [-0.05, 0) is 49.4 Å². The molecule has 1 aromatic heterocycles. The van der Waals surface area contributed by atoms with Crippen LogP contribution in [-0.4, -0.2) is 45.1 Å². The maximum Gasteiger partial charge on any atom is 0.321 e. The monoisotopic (exact) mass is 536 g/mol. The molecule has 0 aliphatic heterocycles. The van der Waals surface area contributed by atoms with Crippen LogP contribution in [-0.2, 0) is 10.0 Å². The zero-order valence-corrected chi connectivity index (χ0v) is 20.4. The number of carbonyl (C=O) groups is 1. The Balaban J connectivity index is 1.77. The largest absolute Gasteiger partial charge is 0.493 e. The second-order valence-corrected chi connectivity index (χ2v) is 9.04. The quantitative estimate of drug-likeness (QED) is 0.423. The molecule has 33 heavy (non-hydrogen) atoms. The molecule has 0 bridgehead atoms. The third-order valence-electron chi connectivity index (χ3n) is 4.22. The first-order valence-corrected chi connectivity index (χ1v) is 11.9. The maximum atomic E-state index is 12.7. The number of halogens is 1. The van der Waals surface area contributed by atoms with Crippen molar-refractivity contribution in [2.45, 2.75) is 11.8 Å². The van der Waals surface area contributed by atoms with Crippen LogP contribution >= 0.6 is 15.9 Å². The van der Waals surface area contributed by atoms with Gasteiger partial charge in [-0.3, -0.25) is 9.52 Å². The molecule has 1 amide bonds. The van der Waals surface area contributed by atoms with E-state index in [1.54, 1.807) is 18.2 Å². The van der Waals surface area contributed by atoms with Crippen LogP contribution in [0.2, 0.25) is 0 Å². The minimum Gasteiger partial charge on any atom is -0.493 e. The number of methoxy groups -OCH3 is 2. The summed E-state index contributed by atoms with van der Waals surface area (Å²) in [5, 5.41) is 2.73. The molecule has 12 heteroatoms. The fourth-order valence-electron chi connectivity index (χ4n) is 2.73. The van der Waals surface area contributed by atoms with Crippen LogP contribution in [0, 0.1) is 0 Å². The molecule has 0 atom stereocenters. The minimum atomic E-state index is -3.97. The number of amides is 1. The Bertz CT molecular complexity index is 1230. The Morgan fingerprint density at radius 2 is 1.76 bits per heavy atom. The summed E-state index contributed by atoms with van der Waals surface area (Å²) in [7, 11) is -1.23. The number of sulfonamides is 1. The number of hydrogen-bond acceptors (Lipinski definition) is 8. The van der Waals surface area contributed by atoms with E-state index in [2.05, 4.69) is 35.9 Å². The summed E-state index contributed by atoms with van der Waals surface area (Å²) >= 11 is 3.34. The molecule has 0 radical (unpaired) electrons. The Hall–Kier alpha value is -3.38. The fourth-order valence-corrected chi connectivity index (χ4v) is 4.08. The molecule has 0 fully saturated rings. The summed E-state index contributed by atoms with van der Waals surface area (Å²) in [4.78, 5) is 20.6. The first-order valence-electron chi connectivity index (χ1n) is 9.59. The molecular weight excluding hydrogens is 516 g/mol. The Morgan fingerprint density at radius 3 is 2.39 bits per heavy atom. The number of ether oxygens (including phenoxy) is 3. The summed E-state index contributed by atoms with van der Waals surface area (Å²) in [6.07, 6.45) is 0. The SMILES string of the molecule is CCOc1ccc(Br)cc1C(=O)Nc1ccc(S(=O)(=O)Nc2cc(OC)nc(OC)n2)cc1. The molecule has 174 valence electrons. The van der Waals surface area contributed by atoms with Crippen molar-refractivity contribution in [1.82, 2.24) is 9.97 Å². The Labute approximate surface area is 199 Å². The van der Waals surface area contributed by atoms with Crippen LogP contribution in [0.1, 0.15) is 17.3 Å². The van der Waals surface area contributed by atoms with Crippen molar-refractivity contribution in [3.8, 4) is 17.6 Å². The van der Waals surface area contributed by atoms with E-state index < -0.39 is 15.9 Å². The highest BCUT2D eigenvalue weighted by Gasteiger charge is 2.18.